The summed E-state index contributed by atoms with van der Waals surface area (Å²) in [4.78, 5) is 44.8. The number of rotatable bonds is 11. The molecule has 1 fully saturated rings. The second-order valence-electron chi connectivity index (χ2n) is 5.60. The first-order chi connectivity index (χ1) is 11.4. The summed E-state index contributed by atoms with van der Waals surface area (Å²) in [6.07, 6.45) is 3.51. The number of nitrogens with one attached hydrogen (secondary N) is 2. The Morgan fingerprint density at radius 1 is 1.08 bits per heavy atom. The number of hydrogen-bond acceptors (Lipinski definition) is 6. The number of amides is 3. The molecule has 1 heterocycles. The van der Waals surface area contributed by atoms with Gasteiger partial charge in [-0.15, -0.1) is 0 Å². The number of carbonyl (C=O) groups excluding carboxylic acids is 4. The molecular formula is C16H24N2O6. The van der Waals surface area contributed by atoms with Gasteiger partial charge in [-0.1, -0.05) is 6.58 Å². The van der Waals surface area contributed by atoms with E-state index in [1.807, 2.05) is 0 Å². The molecule has 1 aliphatic rings. The van der Waals surface area contributed by atoms with Crippen LogP contribution in [0.5, 0.6) is 0 Å². The van der Waals surface area contributed by atoms with Gasteiger partial charge in [0.2, 0.25) is 0 Å². The van der Waals surface area contributed by atoms with Crippen LogP contribution in [0.3, 0.4) is 0 Å². The van der Waals surface area contributed by atoms with Crippen molar-refractivity contribution in [3.63, 3.8) is 0 Å². The molecule has 0 aromatic rings. The number of ether oxygens (including phenoxy) is 2. The highest BCUT2D eigenvalue weighted by atomic mass is 16.5. The molecule has 0 aromatic heterocycles. The predicted molar refractivity (Wildman–Crippen MR) is 84.9 cm³/mol. The van der Waals surface area contributed by atoms with Crippen molar-refractivity contribution in [2.45, 2.75) is 51.5 Å². The van der Waals surface area contributed by atoms with Crippen molar-refractivity contribution >= 4 is 23.9 Å². The summed E-state index contributed by atoms with van der Waals surface area (Å²) in [7, 11) is 0. The minimum absolute atomic E-state index is 0.0786. The summed E-state index contributed by atoms with van der Waals surface area (Å²) in [5, 5.41) is 4.52. The maximum absolute atomic E-state index is 11.5. The zero-order valence-electron chi connectivity index (χ0n) is 13.9. The number of urea groups is 1. The second-order valence-corrected chi connectivity index (χ2v) is 5.60. The van der Waals surface area contributed by atoms with Gasteiger partial charge in [0, 0.05) is 12.0 Å². The van der Waals surface area contributed by atoms with Gasteiger partial charge in [0.1, 0.15) is 6.04 Å². The molecule has 1 atom stereocenters. The number of imide groups is 1. The predicted octanol–water partition coefficient (Wildman–Crippen LogP) is 1.20. The first-order valence-electron chi connectivity index (χ1n) is 7.99. The van der Waals surface area contributed by atoms with Crippen molar-refractivity contribution in [1.82, 2.24) is 10.6 Å². The van der Waals surface area contributed by atoms with Gasteiger partial charge in [0.05, 0.1) is 13.2 Å². The van der Waals surface area contributed by atoms with E-state index in [1.54, 1.807) is 6.92 Å². The van der Waals surface area contributed by atoms with E-state index >= 15 is 0 Å². The minimum Gasteiger partial charge on any atom is -0.466 e. The fraction of sp³-hybridized carbons (Fsp3) is 0.625. The van der Waals surface area contributed by atoms with Crippen LogP contribution in [0.15, 0.2) is 12.2 Å². The zero-order chi connectivity index (χ0) is 17.9. The highest BCUT2D eigenvalue weighted by molar-refractivity contribution is 6.04. The van der Waals surface area contributed by atoms with Crippen molar-refractivity contribution in [2.24, 2.45) is 0 Å². The van der Waals surface area contributed by atoms with Gasteiger partial charge in [0.15, 0.2) is 0 Å². The third kappa shape index (κ3) is 7.75. The van der Waals surface area contributed by atoms with E-state index in [0.29, 0.717) is 18.8 Å². The van der Waals surface area contributed by atoms with E-state index in [4.69, 9.17) is 9.47 Å². The smallest absolute Gasteiger partial charge is 0.333 e. The molecule has 1 aliphatic heterocycles. The van der Waals surface area contributed by atoms with Crippen LogP contribution in [0, 0.1) is 0 Å². The summed E-state index contributed by atoms with van der Waals surface area (Å²) in [6, 6.07) is -1.20. The molecule has 2 N–H and O–H groups in total. The molecule has 24 heavy (non-hydrogen) atoms. The van der Waals surface area contributed by atoms with E-state index < -0.39 is 18.0 Å². The monoisotopic (exact) mass is 340 g/mol. The number of carbonyl (C=O) groups is 4. The molecule has 0 saturated carbocycles. The maximum Gasteiger partial charge on any atom is 0.333 e. The Balaban J connectivity index is 1.94. The van der Waals surface area contributed by atoms with Gasteiger partial charge in [-0.3, -0.25) is 14.9 Å². The summed E-state index contributed by atoms with van der Waals surface area (Å²) in [5.74, 6) is -1.18. The molecule has 3 amide bonds. The van der Waals surface area contributed by atoms with Gasteiger partial charge in [-0.25, -0.2) is 9.59 Å². The van der Waals surface area contributed by atoms with Crippen molar-refractivity contribution in [2.75, 3.05) is 13.2 Å². The molecule has 1 unspecified atom stereocenters. The zero-order valence-corrected chi connectivity index (χ0v) is 13.9. The van der Waals surface area contributed by atoms with Gasteiger partial charge in [0.25, 0.3) is 5.91 Å². The lowest BCUT2D eigenvalue weighted by Gasteiger charge is -2.08. The SMILES string of the molecule is C=C(C)C(=O)OCCCCCCOC(=O)CCC1NC(=O)NC1=O. The normalized spacial score (nSPS) is 16.3. The van der Waals surface area contributed by atoms with Crippen LogP contribution >= 0.6 is 0 Å². The van der Waals surface area contributed by atoms with Crippen molar-refractivity contribution in [3.8, 4) is 0 Å². The number of unbranched alkanes of at least 4 members (excludes halogenated alkanes) is 3. The van der Waals surface area contributed by atoms with Crippen molar-refractivity contribution < 1.29 is 28.7 Å². The van der Waals surface area contributed by atoms with Gasteiger partial charge in [-0.05, 0) is 39.0 Å². The highest BCUT2D eigenvalue weighted by Gasteiger charge is 2.29. The van der Waals surface area contributed by atoms with Crippen LogP contribution in [-0.2, 0) is 23.9 Å². The van der Waals surface area contributed by atoms with Gasteiger partial charge >= 0.3 is 18.0 Å². The topological polar surface area (TPSA) is 111 Å². The molecular weight excluding hydrogens is 316 g/mol. The quantitative estimate of drug-likeness (QED) is 0.253. The molecule has 0 radical (unpaired) electrons. The van der Waals surface area contributed by atoms with Crippen LogP contribution in [0.25, 0.3) is 0 Å². The Morgan fingerprint density at radius 3 is 2.25 bits per heavy atom. The number of esters is 2. The molecule has 1 saturated heterocycles. The van der Waals surface area contributed by atoms with Crippen LogP contribution in [0.2, 0.25) is 0 Å². The molecule has 1 rings (SSSR count). The third-order valence-electron chi connectivity index (χ3n) is 3.38. The fourth-order valence-electron chi connectivity index (χ4n) is 2.03. The average Bonchev–Trinajstić information content (AvgIpc) is 2.85. The lowest BCUT2D eigenvalue weighted by atomic mass is 10.1. The Morgan fingerprint density at radius 2 is 1.71 bits per heavy atom. The first kappa shape index (κ1) is 19.7. The average molecular weight is 340 g/mol. The van der Waals surface area contributed by atoms with Gasteiger partial charge in [-0.2, -0.15) is 0 Å². The first-order valence-corrected chi connectivity index (χ1v) is 7.99. The van der Waals surface area contributed by atoms with Crippen LogP contribution in [-0.4, -0.2) is 43.1 Å². The van der Waals surface area contributed by atoms with E-state index in [1.165, 1.54) is 0 Å². The molecule has 8 nitrogen and oxygen atoms in total. The standard InChI is InChI=1S/C16H24N2O6/c1-11(2)15(21)24-10-6-4-3-5-9-23-13(19)8-7-12-14(20)18-16(22)17-12/h12H,1,3-10H2,2H3,(H2,17,18,20,22). The summed E-state index contributed by atoms with van der Waals surface area (Å²) in [5.41, 5.74) is 0.386. The highest BCUT2D eigenvalue weighted by Crippen LogP contribution is 2.06. The van der Waals surface area contributed by atoms with E-state index in [2.05, 4.69) is 17.2 Å². The largest absolute Gasteiger partial charge is 0.466 e. The molecule has 0 bridgehead atoms. The molecule has 0 spiro atoms. The lowest BCUT2D eigenvalue weighted by molar-refractivity contribution is -0.144. The summed E-state index contributed by atoms with van der Waals surface area (Å²) < 4.78 is 10.0. The van der Waals surface area contributed by atoms with Gasteiger partial charge < -0.3 is 14.8 Å². The lowest BCUT2D eigenvalue weighted by Crippen LogP contribution is -2.29. The Labute approximate surface area is 140 Å². The Bertz CT molecular complexity index is 503. The molecule has 0 aromatic carbocycles. The van der Waals surface area contributed by atoms with E-state index in [9.17, 15) is 19.2 Å². The summed E-state index contributed by atoms with van der Waals surface area (Å²) >= 11 is 0. The molecule has 8 heteroatoms. The minimum atomic E-state index is -0.660. The van der Waals surface area contributed by atoms with Crippen molar-refractivity contribution in [1.29, 1.82) is 0 Å². The Kier molecular flexibility index (Phi) is 8.53. The van der Waals surface area contributed by atoms with E-state index in [0.717, 1.165) is 25.7 Å². The summed E-state index contributed by atoms with van der Waals surface area (Å²) in [6.45, 7) is 5.77. The maximum atomic E-state index is 11.5. The van der Waals surface area contributed by atoms with Crippen LogP contribution in [0.1, 0.15) is 45.4 Å². The number of hydrogen-bond donors (Lipinski definition) is 2. The van der Waals surface area contributed by atoms with Crippen LogP contribution in [0.4, 0.5) is 4.79 Å². The van der Waals surface area contributed by atoms with Crippen LogP contribution < -0.4 is 10.6 Å². The van der Waals surface area contributed by atoms with Crippen molar-refractivity contribution in [3.05, 3.63) is 12.2 Å². The fourth-order valence-corrected chi connectivity index (χ4v) is 2.03. The second kappa shape index (κ2) is 10.4. The van der Waals surface area contributed by atoms with E-state index in [-0.39, 0.29) is 24.8 Å². The molecule has 134 valence electrons. The molecule has 0 aliphatic carbocycles. The Hall–Kier alpha value is -2.38. The third-order valence-corrected chi connectivity index (χ3v) is 3.38.